The third kappa shape index (κ3) is 3.97. The van der Waals surface area contributed by atoms with Crippen LogP contribution < -0.4 is 5.32 Å². The maximum atomic E-state index is 12.7. The summed E-state index contributed by atoms with van der Waals surface area (Å²) in [5.41, 5.74) is 0.565. The lowest BCUT2D eigenvalue weighted by Gasteiger charge is -2.49. The Hall–Kier alpha value is -2.00. The van der Waals surface area contributed by atoms with E-state index >= 15 is 0 Å². The van der Waals surface area contributed by atoms with Gasteiger partial charge in [0.05, 0.1) is 4.88 Å². The second-order valence-corrected chi connectivity index (χ2v) is 10.6. The first kappa shape index (κ1) is 21.2. The lowest BCUT2D eigenvalue weighted by atomic mass is 10.0. The topological polar surface area (TPSA) is 130 Å². The lowest BCUT2D eigenvalue weighted by molar-refractivity contribution is -0.150. The number of amides is 2. The highest BCUT2D eigenvalue weighted by atomic mass is 32.2. The lowest BCUT2D eigenvalue weighted by Crippen LogP contribution is -2.71. The van der Waals surface area contributed by atoms with Crippen LogP contribution in [0.3, 0.4) is 0 Å². The van der Waals surface area contributed by atoms with Gasteiger partial charge in [-0.2, -0.15) is 4.37 Å². The van der Waals surface area contributed by atoms with Crippen LogP contribution in [0.5, 0.6) is 0 Å². The van der Waals surface area contributed by atoms with E-state index in [-0.39, 0.29) is 21.8 Å². The van der Waals surface area contributed by atoms with Crippen molar-refractivity contribution in [3.63, 3.8) is 0 Å². The SMILES string of the molecule is O=S=C(C(=O)NC1C(=O)N2C(C(=O)O)=C(CSc3ncns3)CS[C@H]12)c1cccs1. The van der Waals surface area contributed by atoms with Gasteiger partial charge in [0, 0.05) is 11.5 Å². The van der Waals surface area contributed by atoms with Gasteiger partial charge in [0.15, 0.2) is 4.34 Å². The first-order valence-corrected chi connectivity index (χ1v) is 12.7. The highest BCUT2D eigenvalue weighted by molar-refractivity contribution is 8.01. The van der Waals surface area contributed by atoms with Crippen molar-refractivity contribution in [3.05, 3.63) is 40.0 Å². The fourth-order valence-electron chi connectivity index (χ4n) is 2.98. The minimum atomic E-state index is -1.19. The van der Waals surface area contributed by atoms with Crippen molar-refractivity contribution in [1.82, 2.24) is 19.6 Å². The molecule has 14 heteroatoms. The summed E-state index contributed by atoms with van der Waals surface area (Å²) in [7, 11) is 0. The Morgan fingerprint density at radius 1 is 1.40 bits per heavy atom. The summed E-state index contributed by atoms with van der Waals surface area (Å²) in [5, 5.41) is 13.5. The average Bonchev–Trinajstić information content (AvgIpc) is 3.44. The van der Waals surface area contributed by atoms with Crippen molar-refractivity contribution < 1.29 is 23.7 Å². The molecule has 4 rings (SSSR count). The summed E-state index contributed by atoms with van der Waals surface area (Å²) in [5.74, 6) is -1.54. The standard InChI is InChI=1S/C16H12N4O5S5/c21-12(11(30-25)8-2-1-3-26-8)19-9-13(22)20-10(15(23)24)7(4-27-14(9)20)5-28-16-17-6-18-29-16/h1-3,6,9,14H,4-5H2,(H,19,21)(H,23,24)/t9?,14-/m1/s1. The van der Waals surface area contributed by atoms with Crippen LogP contribution in [0.4, 0.5) is 0 Å². The molecule has 9 nitrogen and oxygen atoms in total. The minimum Gasteiger partial charge on any atom is -0.477 e. The van der Waals surface area contributed by atoms with Crippen molar-refractivity contribution in [1.29, 1.82) is 0 Å². The molecular formula is C16H12N4O5S5. The maximum absolute atomic E-state index is 12.7. The molecule has 30 heavy (non-hydrogen) atoms. The number of carboxylic acids is 1. The molecule has 0 aliphatic carbocycles. The highest BCUT2D eigenvalue weighted by Crippen LogP contribution is 2.41. The van der Waals surface area contributed by atoms with E-state index in [4.69, 9.17) is 0 Å². The fraction of sp³-hybridized carbons (Fsp3) is 0.250. The Labute approximate surface area is 190 Å². The normalized spacial score (nSPS) is 20.4. The Balaban J connectivity index is 1.49. The second-order valence-electron chi connectivity index (χ2n) is 6.00. The zero-order valence-corrected chi connectivity index (χ0v) is 18.9. The number of fused-ring (bicyclic) bond motifs is 1. The zero-order valence-electron chi connectivity index (χ0n) is 14.8. The van der Waals surface area contributed by atoms with Crippen LogP contribution >= 0.6 is 46.4 Å². The third-order valence-corrected chi connectivity index (χ3v) is 9.09. The monoisotopic (exact) mass is 500 g/mol. The van der Waals surface area contributed by atoms with Gasteiger partial charge in [-0.1, -0.05) is 17.8 Å². The number of thioether (sulfide) groups is 2. The molecular weight excluding hydrogens is 489 g/mol. The highest BCUT2D eigenvalue weighted by Gasteiger charge is 2.54. The Bertz CT molecular complexity index is 1080. The Morgan fingerprint density at radius 2 is 2.23 bits per heavy atom. The maximum Gasteiger partial charge on any atom is 0.352 e. The van der Waals surface area contributed by atoms with Crippen molar-refractivity contribution in [2.75, 3.05) is 11.5 Å². The molecule has 1 fully saturated rings. The van der Waals surface area contributed by atoms with E-state index in [1.807, 2.05) is 0 Å². The zero-order chi connectivity index (χ0) is 21.3. The molecule has 2 atom stereocenters. The van der Waals surface area contributed by atoms with E-state index in [0.717, 1.165) is 0 Å². The first-order chi connectivity index (χ1) is 14.5. The molecule has 2 N–H and O–H groups in total. The number of hydrogen-bond acceptors (Lipinski definition) is 10. The average molecular weight is 501 g/mol. The molecule has 0 spiro atoms. The first-order valence-electron chi connectivity index (χ1n) is 8.32. The van der Waals surface area contributed by atoms with Gasteiger partial charge in [0.25, 0.3) is 11.8 Å². The van der Waals surface area contributed by atoms with Gasteiger partial charge in [-0.05, 0) is 28.6 Å². The molecule has 1 unspecified atom stereocenters. The number of thiophene rings is 1. The molecule has 156 valence electrons. The summed E-state index contributed by atoms with van der Waals surface area (Å²) in [6, 6.07) is 2.50. The molecule has 0 aromatic carbocycles. The Morgan fingerprint density at radius 3 is 2.87 bits per heavy atom. The number of carboxylic acid groups (broad SMARTS) is 1. The van der Waals surface area contributed by atoms with Crippen LogP contribution in [0.25, 0.3) is 0 Å². The third-order valence-electron chi connectivity index (χ3n) is 4.28. The largest absolute Gasteiger partial charge is 0.477 e. The van der Waals surface area contributed by atoms with E-state index in [1.54, 1.807) is 17.5 Å². The van der Waals surface area contributed by atoms with Gasteiger partial charge in [0.2, 0.25) is 0 Å². The van der Waals surface area contributed by atoms with Crippen LogP contribution in [-0.2, 0) is 25.6 Å². The number of nitrogens with zero attached hydrogens (tertiary/aromatic N) is 3. The van der Waals surface area contributed by atoms with Gasteiger partial charge in [-0.25, -0.2) is 14.0 Å². The number of hydrogen-bond donors (Lipinski definition) is 2. The van der Waals surface area contributed by atoms with E-state index < -0.39 is 29.2 Å². The Kier molecular flexibility index (Phi) is 6.38. The van der Waals surface area contributed by atoms with Crippen LogP contribution in [0, 0.1) is 0 Å². The summed E-state index contributed by atoms with van der Waals surface area (Å²) < 4.78 is 16.0. The van der Waals surface area contributed by atoms with Crippen LogP contribution in [0.15, 0.2) is 39.4 Å². The predicted octanol–water partition coefficient (Wildman–Crippen LogP) is 0.864. The number of carbonyl (C=O) groups is 3. The van der Waals surface area contributed by atoms with Gasteiger partial charge in [0.1, 0.15) is 39.6 Å². The van der Waals surface area contributed by atoms with E-state index in [9.17, 15) is 23.7 Å². The summed E-state index contributed by atoms with van der Waals surface area (Å²) in [6.07, 6.45) is 1.43. The van der Waals surface area contributed by atoms with Gasteiger partial charge >= 0.3 is 5.97 Å². The molecule has 2 aromatic rings. The van der Waals surface area contributed by atoms with Crippen molar-refractivity contribution in [3.8, 4) is 0 Å². The van der Waals surface area contributed by atoms with E-state index in [0.29, 0.717) is 26.3 Å². The fourth-order valence-corrected chi connectivity index (χ4v) is 7.10. The smallest absolute Gasteiger partial charge is 0.352 e. The molecule has 0 radical (unpaired) electrons. The van der Waals surface area contributed by atoms with Crippen LogP contribution in [0.2, 0.25) is 0 Å². The molecule has 1 saturated heterocycles. The summed E-state index contributed by atoms with van der Waals surface area (Å²) >= 11 is 5.29. The van der Waals surface area contributed by atoms with E-state index in [2.05, 4.69) is 14.7 Å². The van der Waals surface area contributed by atoms with Gasteiger partial charge < -0.3 is 10.4 Å². The second kappa shape index (κ2) is 9.01. The number of aliphatic carboxylic acids is 1. The van der Waals surface area contributed by atoms with Gasteiger partial charge in [-0.15, -0.1) is 23.1 Å². The van der Waals surface area contributed by atoms with Crippen molar-refractivity contribution in [2.24, 2.45) is 0 Å². The number of carbonyl (C=O) groups excluding carboxylic acids is 2. The molecule has 0 saturated carbocycles. The molecule has 0 bridgehead atoms. The number of aromatic nitrogens is 2. The predicted molar refractivity (Wildman–Crippen MR) is 117 cm³/mol. The summed E-state index contributed by atoms with van der Waals surface area (Å²) in [4.78, 5) is 42.9. The number of β-lactam (4-membered cyclic amide) rings is 1. The van der Waals surface area contributed by atoms with Crippen LogP contribution in [-0.4, -0.2) is 69.1 Å². The van der Waals surface area contributed by atoms with Crippen molar-refractivity contribution in [2.45, 2.75) is 15.8 Å². The molecule has 2 aliphatic heterocycles. The molecule has 2 aliphatic rings. The quantitative estimate of drug-likeness (QED) is 0.246. The molecule has 2 aromatic heterocycles. The van der Waals surface area contributed by atoms with Crippen molar-refractivity contribution >= 4 is 80.3 Å². The molecule has 2 amide bonds. The molecule has 4 heterocycles. The minimum absolute atomic E-state index is 0.0137. The van der Waals surface area contributed by atoms with Gasteiger partial charge in [-0.3, -0.25) is 14.5 Å². The number of rotatable bonds is 7. The summed E-state index contributed by atoms with van der Waals surface area (Å²) in [6.45, 7) is 0. The van der Waals surface area contributed by atoms with E-state index in [1.165, 1.54) is 57.6 Å². The number of nitrogens with one attached hydrogen (secondary N) is 1. The van der Waals surface area contributed by atoms with Crippen LogP contribution in [0.1, 0.15) is 4.88 Å².